The molecular weight excluding hydrogens is 540 g/mol. The minimum absolute atomic E-state index is 0.0608. The maximum Gasteiger partial charge on any atom is 0.359 e. The van der Waals surface area contributed by atoms with E-state index in [9.17, 15) is 14.4 Å². The van der Waals surface area contributed by atoms with E-state index in [0.717, 1.165) is 18.2 Å². The van der Waals surface area contributed by atoms with Crippen LogP contribution in [0.3, 0.4) is 0 Å². The number of alkyl halides is 1. The van der Waals surface area contributed by atoms with Gasteiger partial charge in [-0.05, 0) is 74.7 Å². The molecule has 2 heterocycles. The number of esters is 1. The van der Waals surface area contributed by atoms with Crippen molar-refractivity contribution in [3.05, 3.63) is 65.5 Å². The Balaban J connectivity index is 1.62. The highest BCUT2D eigenvalue weighted by Crippen LogP contribution is 2.30. The van der Waals surface area contributed by atoms with Gasteiger partial charge in [-0.15, -0.1) is 0 Å². The van der Waals surface area contributed by atoms with Crippen LogP contribution in [0.25, 0.3) is 5.69 Å². The van der Waals surface area contributed by atoms with Crippen molar-refractivity contribution in [1.29, 1.82) is 0 Å². The lowest BCUT2D eigenvalue weighted by atomic mass is 10.0. The molecule has 0 saturated carbocycles. The maximum atomic E-state index is 13.8. The van der Waals surface area contributed by atoms with Crippen LogP contribution in [-0.2, 0) is 16.0 Å². The fourth-order valence-corrected chi connectivity index (χ4v) is 4.54. The minimum Gasteiger partial charge on any atom is -0.497 e. The Morgan fingerprint density at radius 2 is 1.84 bits per heavy atom. The van der Waals surface area contributed by atoms with Gasteiger partial charge in [-0.25, -0.2) is 9.48 Å². The van der Waals surface area contributed by atoms with Crippen LogP contribution in [-0.4, -0.2) is 53.1 Å². The van der Waals surface area contributed by atoms with E-state index in [0.29, 0.717) is 42.0 Å². The van der Waals surface area contributed by atoms with E-state index in [1.54, 1.807) is 48.2 Å². The van der Waals surface area contributed by atoms with Crippen LogP contribution in [0.1, 0.15) is 56.8 Å². The standard InChI is InChI=1S/C27H29BrN4O5/c1-3-37-27(35)24-22-15-17-31(19-9-7-18(8-10-19)29-23(33)6-4-5-16-28)26(34)25(22)32(30-24)20-11-13-21(36-2)14-12-20/h7-14H,3-6,15-17H2,1-2H3,(H,29,33)/i2D3. The predicted molar refractivity (Wildman–Crippen MR) is 144 cm³/mol. The molecule has 194 valence electrons. The molecular formula is C27H29BrN4O5. The summed E-state index contributed by atoms with van der Waals surface area (Å²) < 4.78 is 33.3. The third-order valence-corrected chi connectivity index (χ3v) is 6.50. The van der Waals surface area contributed by atoms with Gasteiger partial charge in [0, 0.05) is 35.2 Å². The lowest BCUT2D eigenvalue weighted by molar-refractivity contribution is -0.116. The van der Waals surface area contributed by atoms with Gasteiger partial charge in [0.25, 0.3) is 5.91 Å². The lowest BCUT2D eigenvalue weighted by Gasteiger charge is -2.28. The molecule has 0 unspecified atom stereocenters. The Bertz CT molecular complexity index is 1370. The van der Waals surface area contributed by atoms with Crippen LogP contribution in [0, 0.1) is 0 Å². The van der Waals surface area contributed by atoms with Gasteiger partial charge in [-0.3, -0.25) is 9.59 Å². The zero-order chi connectivity index (χ0) is 28.9. The second kappa shape index (κ2) is 12.1. The molecule has 1 aliphatic rings. The number of anilines is 2. The van der Waals surface area contributed by atoms with Gasteiger partial charge in [0.2, 0.25) is 5.91 Å². The summed E-state index contributed by atoms with van der Waals surface area (Å²) in [7, 11) is -2.61. The second-order valence-corrected chi connectivity index (χ2v) is 9.14. The molecule has 1 aliphatic heterocycles. The molecule has 0 radical (unpaired) electrons. The van der Waals surface area contributed by atoms with E-state index in [2.05, 4.69) is 26.3 Å². The molecule has 1 aromatic heterocycles. The fourth-order valence-electron chi connectivity index (χ4n) is 4.14. The molecule has 1 N–H and O–H groups in total. The fraction of sp³-hybridized carbons (Fsp3) is 0.333. The molecule has 0 spiro atoms. The largest absolute Gasteiger partial charge is 0.497 e. The van der Waals surface area contributed by atoms with Crippen molar-refractivity contribution in [3.63, 3.8) is 0 Å². The molecule has 10 heteroatoms. The van der Waals surface area contributed by atoms with Crippen LogP contribution in [0.2, 0.25) is 0 Å². The van der Waals surface area contributed by atoms with Crippen LogP contribution >= 0.6 is 15.9 Å². The summed E-state index contributed by atoms with van der Waals surface area (Å²) >= 11 is 3.36. The van der Waals surface area contributed by atoms with Gasteiger partial charge in [-0.1, -0.05) is 15.9 Å². The number of methoxy groups -OCH3 is 1. The third-order valence-electron chi connectivity index (χ3n) is 5.93. The van der Waals surface area contributed by atoms with Gasteiger partial charge in [-0.2, -0.15) is 5.10 Å². The Kier molecular flexibility index (Phi) is 7.34. The predicted octanol–water partition coefficient (Wildman–Crippen LogP) is 4.76. The van der Waals surface area contributed by atoms with Gasteiger partial charge < -0.3 is 19.7 Å². The highest BCUT2D eigenvalue weighted by molar-refractivity contribution is 9.09. The van der Waals surface area contributed by atoms with Gasteiger partial charge >= 0.3 is 5.97 Å². The number of nitrogens with one attached hydrogen (secondary N) is 1. The Hall–Kier alpha value is -3.66. The quantitative estimate of drug-likeness (QED) is 0.214. The summed E-state index contributed by atoms with van der Waals surface area (Å²) in [6, 6.07) is 13.0. The molecule has 2 amide bonds. The lowest BCUT2D eigenvalue weighted by Crippen LogP contribution is -2.39. The van der Waals surface area contributed by atoms with Crippen molar-refractivity contribution in [1.82, 2.24) is 9.78 Å². The number of hydrogen-bond acceptors (Lipinski definition) is 6. The molecule has 3 aromatic rings. The van der Waals surface area contributed by atoms with Crippen molar-refractivity contribution in [2.45, 2.75) is 32.6 Å². The summed E-state index contributed by atoms with van der Waals surface area (Å²) in [5.74, 6) is -0.937. The van der Waals surface area contributed by atoms with Crippen LogP contribution in [0.5, 0.6) is 5.75 Å². The number of amides is 2. The molecule has 9 nitrogen and oxygen atoms in total. The average molecular weight is 572 g/mol. The molecule has 0 fully saturated rings. The molecule has 37 heavy (non-hydrogen) atoms. The summed E-state index contributed by atoms with van der Waals surface area (Å²) in [5.41, 5.74) is 2.45. The first-order chi connectivity index (χ1) is 19.1. The van der Waals surface area contributed by atoms with E-state index in [-0.39, 0.29) is 35.6 Å². The van der Waals surface area contributed by atoms with E-state index in [1.807, 2.05) is 0 Å². The van der Waals surface area contributed by atoms with Crippen LogP contribution < -0.4 is 15.0 Å². The van der Waals surface area contributed by atoms with E-state index in [4.69, 9.17) is 13.6 Å². The van der Waals surface area contributed by atoms with Gasteiger partial charge in [0.15, 0.2) is 5.69 Å². The first kappa shape index (κ1) is 22.5. The molecule has 0 atom stereocenters. The number of hydrogen-bond donors (Lipinski definition) is 1. The normalized spacial score (nSPS) is 14.3. The Labute approximate surface area is 228 Å². The number of rotatable bonds is 10. The summed E-state index contributed by atoms with van der Waals surface area (Å²) in [6.07, 6.45) is 2.49. The van der Waals surface area contributed by atoms with Crippen molar-refractivity contribution < 1.29 is 28.0 Å². The molecule has 2 aromatic carbocycles. The van der Waals surface area contributed by atoms with Crippen molar-refractivity contribution in [2.24, 2.45) is 0 Å². The smallest absolute Gasteiger partial charge is 0.359 e. The van der Waals surface area contributed by atoms with E-state index in [1.165, 1.54) is 16.8 Å². The number of benzene rings is 2. The number of unbranched alkanes of at least 4 members (excludes halogenated alkanes) is 1. The Morgan fingerprint density at radius 3 is 2.51 bits per heavy atom. The maximum absolute atomic E-state index is 13.8. The molecule has 0 bridgehead atoms. The van der Waals surface area contributed by atoms with Crippen LogP contribution in [0.4, 0.5) is 11.4 Å². The topological polar surface area (TPSA) is 103 Å². The first-order valence-electron chi connectivity index (χ1n) is 13.5. The van der Waals surface area contributed by atoms with Crippen molar-refractivity contribution in [2.75, 3.05) is 35.7 Å². The molecule has 0 aliphatic carbocycles. The van der Waals surface area contributed by atoms with E-state index < -0.39 is 13.0 Å². The molecule has 0 saturated heterocycles. The third kappa shape index (κ3) is 5.85. The number of carbonyl (C=O) groups excluding carboxylic acids is 3. The van der Waals surface area contributed by atoms with E-state index >= 15 is 0 Å². The van der Waals surface area contributed by atoms with Crippen LogP contribution in [0.15, 0.2) is 48.5 Å². The summed E-state index contributed by atoms with van der Waals surface area (Å²) in [4.78, 5) is 40.2. The SMILES string of the molecule is [2H]C([2H])([2H])Oc1ccc(-n2nc(C(=O)OCC)c3c2C(=O)N(c2ccc(NC(=O)CCCCBr)cc2)CC3)cc1. The zero-order valence-electron chi connectivity index (χ0n) is 23.3. The zero-order valence-corrected chi connectivity index (χ0v) is 21.9. The highest BCUT2D eigenvalue weighted by atomic mass is 79.9. The number of ether oxygens (including phenoxy) is 2. The van der Waals surface area contributed by atoms with Gasteiger partial charge in [0.1, 0.15) is 11.4 Å². The number of carbonyl (C=O) groups is 3. The number of nitrogens with zero attached hydrogens (tertiary/aromatic N) is 3. The van der Waals surface area contributed by atoms with Gasteiger partial charge in [0.05, 0.1) is 23.4 Å². The molecule has 4 rings (SSSR count). The van der Waals surface area contributed by atoms with Crippen molar-refractivity contribution in [3.8, 4) is 11.4 Å². The second-order valence-electron chi connectivity index (χ2n) is 8.35. The number of halogens is 1. The minimum atomic E-state index is -2.61. The first-order valence-corrected chi connectivity index (χ1v) is 13.1. The summed E-state index contributed by atoms with van der Waals surface area (Å²) in [6.45, 7) is 2.15. The number of aromatic nitrogens is 2. The number of fused-ring (bicyclic) bond motifs is 1. The Morgan fingerprint density at radius 1 is 1.11 bits per heavy atom. The highest BCUT2D eigenvalue weighted by Gasteiger charge is 2.35. The van der Waals surface area contributed by atoms with Crippen molar-refractivity contribution >= 4 is 45.1 Å². The summed E-state index contributed by atoms with van der Waals surface area (Å²) in [5, 5.41) is 8.15. The average Bonchev–Trinajstić information content (AvgIpc) is 3.30. The monoisotopic (exact) mass is 571 g/mol.